The van der Waals surface area contributed by atoms with Gasteiger partial charge in [0.05, 0.1) is 6.10 Å². The van der Waals surface area contributed by atoms with Crippen LogP contribution in [0.5, 0.6) is 5.75 Å². The summed E-state index contributed by atoms with van der Waals surface area (Å²) in [5, 5.41) is 2.87. The predicted octanol–water partition coefficient (Wildman–Crippen LogP) is 3.93. The number of hydrogen-bond donors (Lipinski definition) is 1. The van der Waals surface area contributed by atoms with Gasteiger partial charge in [0.1, 0.15) is 5.75 Å². The van der Waals surface area contributed by atoms with E-state index in [1.165, 1.54) is 6.08 Å². The maximum atomic E-state index is 12.0. The van der Waals surface area contributed by atoms with Crippen molar-refractivity contribution in [3.05, 3.63) is 65.7 Å². The first kappa shape index (κ1) is 19.7. The summed E-state index contributed by atoms with van der Waals surface area (Å²) in [6, 6.07) is 15.4. The molecule has 0 aromatic heterocycles. The summed E-state index contributed by atoms with van der Waals surface area (Å²) in [6.45, 7) is 5.21. The van der Waals surface area contributed by atoms with Crippen molar-refractivity contribution >= 4 is 23.6 Å². The molecule has 2 aromatic carbocycles. The van der Waals surface area contributed by atoms with Crippen LogP contribution in [0.15, 0.2) is 54.6 Å². The molecule has 0 atom stereocenters. The molecule has 1 heterocycles. The van der Waals surface area contributed by atoms with Crippen LogP contribution in [-0.2, 0) is 16.1 Å². The van der Waals surface area contributed by atoms with Crippen molar-refractivity contribution in [1.82, 2.24) is 5.32 Å². The van der Waals surface area contributed by atoms with Crippen LogP contribution in [0.25, 0.3) is 6.08 Å². The van der Waals surface area contributed by atoms with E-state index in [4.69, 9.17) is 4.74 Å². The Morgan fingerprint density at radius 1 is 1.14 bits per heavy atom. The standard InChI is InChI=1S/C23H26N2O3/c1-17(2)28-21-12-7-19(8-13-21)16-24-22(26)14-9-18-5-10-20(11-6-18)25-15-3-4-23(25)27/h5-14,17H,3-4,15-16H2,1-2H3,(H,24,26)/b14-9+. The Labute approximate surface area is 166 Å². The van der Waals surface area contributed by atoms with E-state index in [0.717, 1.165) is 35.5 Å². The Kier molecular flexibility index (Phi) is 6.48. The Bertz CT molecular complexity index is 839. The van der Waals surface area contributed by atoms with Crippen molar-refractivity contribution in [1.29, 1.82) is 0 Å². The zero-order valence-corrected chi connectivity index (χ0v) is 16.4. The number of hydrogen-bond acceptors (Lipinski definition) is 3. The van der Waals surface area contributed by atoms with Crippen LogP contribution >= 0.6 is 0 Å². The predicted molar refractivity (Wildman–Crippen MR) is 111 cm³/mol. The first-order valence-electron chi connectivity index (χ1n) is 9.63. The van der Waals surface area contributed by atoms with Crippen molar-refractivity contribution in [3.8, 4) is 5.75 Å². The van der Waals surface area contributed by atoms with E-state index in [0.29, 0.717) is 13.0 Å². The fourth-order valence-corrected chi connectivity index (χ4v) is 3.06. The van der Waals surface area contributed by atoms with Crippen LogP contribution in [0.4, 0.5) is 5.69 Å². The minimum atomic E-state index is -0.152. The summed E-state index contributed by atoms with van der Waals surface area (Å²) in [7, 11) is 0. The summed E-state index contributed by atoms with van der Waals surface area (Å²) in [6.07, 6.45) is 4.96. The van der Waals surface area contributed by atoms with Crippen molar-refractivity contribution < 1.29 is 14.3 Å². The van der Waals surface area contributed by atoms with E-state index in [1.54, 1.807) is 11.0 Å². The highest BCUT2D eigenvalue weighted by Crippen LogP contribution is 2.21. The molecule has 28 heavy (non-hydrogen) atoms. The van der Waals surface area contributed by atoms with Crippen molar-refractivity contribution in [2.45, 2.75) is 39.3 Å². The minimum absolute atomic E-state index is 0.139. The number of amides is 2. The smallest absolute Gasteiger partial charge is 0.244 e. The van der Waals surface area contributed by atoms with Crippen LogP contribution in [-0.4, -0.2) is 24.5 Å². The number of ether oxygens (including phenoxy) is 1. The van der Waals surface area contributed by atoms with Gasteiger partial charge in [-0.2, -0.15) is 0 Å². The quantitative estimate of drug-likeness (QED) is 0.743. The molecule has 1 aliphatic heterocycles. The van der Waals surface area contributed by atoms with Gasteiger partial charge in [0.25, 0.3) is 0 Å². The van der Waals surface area contributed by atoms with Crippen molar-refractivity contribution in [2.24, 2.45) is 0 Å². The fraction of sp³-hybridized carbons (Fsp3) is 0.304. The summed E-state index contributed by atoms with van der Waals surface area (Å²) in [5.74, 6) is 0.844. The highest BCUT2D eigenvalue weighted by Gasteiger charge is 2.21. The molecule has 146 valence electrons. The number of nitrogens with one attached hydrogen (secondary N) is 1. The molecule has 3 rings (SSSR count). The first-order valence-corrected chi connectivity index (χ1v) is 9.63. The van der Waals surface area contributed by atoms with Gasteiger partial charge in [0.2, 0.25) is 11.8 Å². The number of carbonyl (C=O) groups excluding carboxylic acids is 2. The molecule has 2 amide bonds. The molecule has 0 bridgehead atoms. The first-order chi connectivity index (χ1) is 13.5. The van der Waals surface area contributed by atoms with Gasteiger partial charge >= 0.3 is 0 Å². The Balaban J connectivity index is 1.49. The molecule has 0 aliphatic carbocycles. The van der Waals surface area contributed by atoms with Gasteiger partial charge in [0.15, 0.2) is 0 Å². The molecule has 2 aromatic rings. The molecule has 5 heteroatoms. The average Bonchev–Trinajstić information content (AvgIpc) is 3.12. The molecule has 5 nitrogen and oxygen atoms in total. The van der Waals surface area contributed by atoms with Gasteiger partial charge in [-0.25, -0.2) is 0 Å². The largest absolute Gasteiger partial charge is 0.491 e. The van der Waals surface area contributed by atoms with E-state index in [-0.39, 0.29) is 17.9 Å². The van der Waals surface area contributed by atoms with Gasteiger partial charge in [-0.15, -0.1) is 0 Å². The normalized spacial score (nSPS) is 14.1. The zero-order valence-electron chi connectivity index (χ0n) is 16.4. The Morgan fingerprint density at radius 3 is 2.46 bits per heavy atom. The van der Waals surface area contributed by atoms with Crippen LogP contribution in [0.2, 0.25) is 0 Å². The number of benzene rings is 2. The second-order valence-electron chi connectivity index (χ2n) is 7.10. The summed E-state index contributed by atoms with van der Waals surface area (Å²) in [5.41, 5.74) is 2.84. The monoisotopic (exact) mass is 378 g/mol. The lowest BCUT2D eigenvalue weighted by atomic mass is 10.2. The maximum absolute atomic E-state index is 12.0. The summed E-state index contributed by atoms with van der Waals surface area (Å²) < 4.78 is 5.61. The molecule has 1 fully saturated rings. The number of anilines is 1. The topological polar surface area (TPSA) is 58.6 Å². The van der Waals surface area contributed by atoms with Gasteiger partial charge in [-0.3, -0.25) is 9.59 Å². The van der Waals surface area contributed by atoms with Crippen LogP contribution in [0.1, 0.15) is 37.8 Å². The second kappa shape index (κ2) is 9.22. The van der Waals surface area contributed by atoms with Crippen LogP contribution in [0, 0.1) is 0 Å². The summed E-state index contributed by atoms with van der Waals surface area (Å²) in [4.78, 5) is 25.6. The van der Waals surface area contributed by atoms with Gasteiger partial charge in [-0.1, -0.05) is 24.3 Å². The average molecular weight is 378 g/mol. The minimum Gasteiger partial charge on any atom is -0.491 e. The summed E-state index contributed by atoms with van der Waals surface area (Å²) >= 11 is 0. The molecule has 1 N–H and O–H groups in total. The lowest BCUT2D eigenvalue weighted by molar-refractivity contribution is -0.117. The second-order valence-corrected chi connectivity index (χ2v) is 7.10. The van der Waals surface area contributed by atoms with E-state index >= 15 is 0 Å². The Hall–Kier alpha value is -3.08. The van der Waals surface area contributed by atoms with Crippen LogP contribution in [0.3, 0.4) is 0 Å². The van der Waals surface area contributed by atoms with E-state index in [2.05, 4.69) is 5.32 Å². The third-order valence-corrected chi connectivity index (χ3v) is 4.47. The Morgan fingerprint density at radius 2 is 1.86 bits per heavy atom. The number of nitrogens with zero attached hydrogens (tertiary/aromatic N) is 1. The molecule has 1 saturated heterocycles. The zero-order chi connectivity index (χ0) is 19.9. The van der Waals surface area contributed by atoms with Gasteiger partial charge < -0.3 is 15.0 Å². The number of carbonyl (C=O) groups is 2. The third-order valence-electron chi connectivity index (χ3n) is 4.47. The molecular weight excluding hydrogens is 352 g/mol. The lowest BCUT2D eigenvalue weighted by Crippen LogP contribution is -2.23. The lowest BCUT2D eigenvalue weighted by Gasteiger charge is -2.15. The molecule has 0 radical (unpaired) electrons. The number of rotatable bonds is 7. The highest BCUT2D eigenvalue weighted by atomic mass is 16.5. The molecule has 1 aliphatic rings. The molecule has 0 spiro atoms. The molecule has 0 saturated carbocycles. The maximum Gasteiger partial charge on any atom is 0.244 e. The molecular formula is C23H26N2O3. The molecule has 0 unspecified atom stereocenters. The van der Waals surface area contributed by atoms with E-state index in [1.807, 2.05) is 62.4 Å². The van der Waals surface area contributed by atoms with Crippen LogP contribution < -0.4 is 15.0 Å². The third kappa shape index (κ3) is 5.46. The van der Waals surface area contributed by atoms with Crippen molar-refractivity contribution in [2.75, 3.05) is 11.4 Å². The SMILES string of the molecule is CC(C)Oc1ccc(CNC(=O)/C=C/c2ccc(N3CCCC3=O)cc2)cc1. The highest BCUT2D eigenvalue weighted by molar-refractivity contribution is 5.95. The van der Waals surface area contributed by atoms with Crippen molar-refractivity contribution in [3.63, 3.8) is 0 Å². The van der Waals surface area contributed by atoms with E-state index < -0.39 is 0 Å². The fourth-order valence-electron chi connectivity index (χ4n) is 3.06. The van der Waals surface area contributed by atoms with Gasteiger partial charge in [0, 0.05) is 31.3 Å². The van der Waals surface area contributed by atoms with Gasteiger partial charge in [-0.05, 0) is 61.7 Å². The van der Waals surface area contributed by atoms with E-state index in [9.17, 15) is 9.59 Å².